The van der Waals surface area contributed by atoms with Crippen molar-refractivity contribution in [2.75, 3.05) is 20.2 Å². The fourth-order valence-electron chi connectivity index (χ4n) is 2.55. The lowest BCUT2D eigenvalue weighted by molar-refractivity contribution is -0.164. The fourth-order valence-corrected chi connectivity index (χ4v) is 2.55. The third-order valence-corrected chi connectivity index (χ3v) is 4.03. The average Bonchev–Trinajstić information content (AvgIpc) is 2.81. The predicted molar refractivity (Wildman–Crippen MR) is 70.7 cm³/mol. The fraction of sp³-hybridized carbons (Fsp3) is 0.769. The zero-order valence-corrected chi connectivity index (χ0v) is 12.1. The molecule has 0 radical (unpaired) electrons. The van der Waals surface area contributed by atoms with Crippen molar-refractivity contribution in [3.8, 4) is 0 Å². The van der Waals surface area contributed by atoms with Gasteiger partial charge in [-0.2, -0.15) is 0 Å². The molecular weight excluding hydrogens is 264 g/mol. The number of carboxylic acids is 1. The number of carbonyl (C=O) groups is 3. The van der Waals surface area contributed by atoms with Gasteiger partial charge in [-0.25, -0.2) is 4.79 Å². The van der Waals surface area contributed by atoms with Gasteiger partial charge < -0.3 is 20.5 Å². The minimum absolute atomic E-state index is 0.142. The summed E-state index contributed by atoms with van der Waals surface area (Å²) in [5, 5.41) is 9.33. The Labute approximate surface area is 118 Å². The number of aliphatic carboxylic acids is 1. The molecule has 0 spiro atoms. The van der Waals surface area contributed by atoms with Gasteiger partial charge in [-0.05, 0) is 32.2 Å². The largest absolute Gasteiger partial charge is 0.480 e. The van der Waals surface area contributed by atoms with Crippen molar-refractivity contribution in [2.45, 2.75) is 32.2 Å². The number of nitrogens with zero attached hydrogens (tertiary/aromatic N) is 1. The number of rotatable bonds is 5. The molecule has 1 aliphatic rings. The Balaban J connectivity index is 3.06. The lowest BCUT2D eigenvalue weighted by Gasteiger charge is -2.34. The highest BCUT2D eigenvalue weighted by Gasteiger charge is 2.49. The number of methoxy groups -OCH3 is 1. The van der Waals surface area contributed by atoms with Crippen molar-refractivity contribution in [1.29, 1.82) is 0 Å². The quantitative estimate of drug-likeness (QED) is 0.536. The smallest absolute Gasteiger partial charge is 0.329 e. The number of esters is 1. The summed E-state index contributed by atoms with van der Waals surface area (Å²) in [6.45, 7) is 3.64. The van der Waals surface area contributed by atoms with Crippen LogP contribution in [0.4, 0.5) is 0 Å². The molecule has 1 unspecified atom stereocenters. The van der Waals surface area contributed by atoms with Crippen LogP contribution in [0.1, 0.15) is 26.7 Å². The Morgan fingerprint density at radius 1 is 1.45 bits per heavy atom. The Kier molecular flexibility index (Phi) is 5.10. The van der Waals surface area contributed by atoms with Crippen LogP contribution in [-0.4, -0.2) is 53.6 Å². The van der Waals surface area contributed by atoms with Crippen molar-refractivity contribution >= 4 is 17.8 Å². The Bertz CT molecular complexity index is 412. The van der Waals surface area contributed by atoms with E-state index in [0.29, 0.717) is 19.4 Å². The molecule has 3 N–H and O–H groups in total. The monoisotopic (exact) mass is 286 g/mol. The molecule has 0 aromatic rings. The number of carboxylic acid groups (broad SMARTS) is 1. The maximum absolute atomic E-state index is 12.6. The second kappa shape index (κ2) is 6.21. The highest BCUT2D eigenvalue weighted by atomic mass is 16.5. The number of amides is 1. The van der Waals surface area contributed by atoms with Crippen LogP contribution < -0.4 is 5.73 Å². The maximum Gasteiger partial charge on any atom is 0.329 e. The van der Waals surface area contributed by atoms with Crippen LogP contribution in [0, 0.1) is 11.8 Å². The molecule has 1 fully saturated rings. The van der Waals surface area contributed by atoms with Crippen LogP contribution in [0.15, 0.2) is 0 Å². The van der Waals surface area contributed by atoms with Gasteiger partial charge in [-0.3, -0.25) is 9.59 Å². The SMILES string of the molecule is COC(=O)[C@H](C(=O)N1CCC[C@@]1(C)C(=O)O)C(C)CN. The molecule has 20 heavy (non-hydrogen) atoms. The highest BCUT2D eigenvalue weighted by molar-refractivity contribution is 6.00. The van der Waals surface area contributed by atoms with Gasteiger partial charge in [-0.1, -0.05) is 6.92 Å². The predicted octanol–water partition coefficient (Wildman–Crippen LogP) is -0.164. The van der Waals surface area contributed by atoms with Crippen molar-refractivity contribution in [3.63, 3.8) is 0 Å². The van der Waals surface area contributed by atoms with Gasteiger partial charge in [-0.15, -0.1) is 0 Å². The van der Waals surface area contributed by atoms with Gasteiger partial charge in [0.15, 0.2) is 0 Å². The summed E-state index contributed by atoms with van der Waals surface area (Å²) in [6.07, 6.45) is 0.971. The van der Waals surface area contributed by atoms with E-state index in [-0.39, 0.29) is 6.54 Å². The van der Waals surface area contributed by atoms with E-state index in [4.69, 9.17) is 5.73 Å². The maximum atomic E-state index is 12.6. The first-order valence-electron chi connectivity index (χ1n) is 6.62. The minimum atomic E-state index is -1.27. The molecule has 0 bridgehead atoms. The van der Waals surface area contributed by atoms with Crippen LogP contribution in [0.5, 0.6) is 0 Å². The van der Waals surface area contributed by atoms with E-state index in [9.17, 15) is 19.5 Å². The van der Waals surface area contributed by atoms with E-state index in [0.717, 1.165) is 0 Å². The van der Waals surface area contributed by atoms with E-state index in [2.05, 4.69) is 4.74 Å². The van der Waals surface area contributed by atoms with Gasteiger partial charge >= 0.3 is 11.9 Å². The Morgan fingerprint density at radius 2 is 2.05 bits per heavy atom. The number of nitrogens with two attached hydrogens (primary N) is 1. The van der Waals surface area contributed by atoms with E-state index >= 15 is 0 Å². The summed E-state index contributed by atoms with van der Waals surface area (Å²) >= 11 is 0. The topological polar surface area (TPSA) is 110 Å². The van der Waals surface area contributed by atoms with Crippen molar-refractivity contribution in [3.05, 3.63) is 0 Å². The molecule has 1 aliphatic heterocycles. The van der Waals surface area contributed by atoms with Gasteiger partial charge in [0.05, 0.1) is 7.11 Å². The first kappa shape index (κ1) is 16.4. The standard InChI is InChI=1S/C13H22N2O5/c1-8(7-14)9(11(17)20-3)10(16)15-6-4-5-13(15,2)12(18)19/h8-9H,4-7,14H2,1-3H3,(H,18,19)/t8?,9-,13-/m0/s1. The van der Waals surface area contributed by atoms with E-state index in [1.807, 2.05) is 0 Å². The summed E-state index contributed by atoms with van der Waals surface area (Å²) in [5.74, 6) is -3.72. The molecule has 0 saturated carbocycles. The summed E-state index contributed by atoms with van der Waals surface area (Å²) in [6, 6.07) is 0. The van der Waals surface area contributed by atoms with Crippen LogP contribution in [0.2, 0.25) is 0 Å². The van der Waals surface area contributed by atoms with Gasteiger partial charge in [0, 0.05) is 6.54 Å². The zero-order valence-electron chi connectivity index (χ0n) is 12.1. The van der Waals surface area contributed by atoms with E-state index in [1.165, 1.54) is 18.9 Å². The lowest BCUT2D eigenvalue weighted by Crippen LogP contribution is -2.55. The molecule has 0 aliphatic carbocycles. The third kappa shape index (κ3) is 2.77. The number of likely N-dealkylation sites (tertiary alicyclic amines) is 1. The van der Waals surface area contributed by atoms with E-state index < -0.39 is 35.2 Å². The van der Waals surface area contributed by atoms with Gasteiger partial charge in [0.25, 0.3) is 0 Å². The zero-order chi connectivity index (χ0) is 15.5. The Morgan fingerprint density at radius 3 is 2.50 bits per heavy atom. The average molecular weight is 286 g/mol. The second-order valence-electron chi connectivity index (χ2n) is 5.39. The van der Waals surface area contributed by atoms with Gasteiger partial charge in [0.2, 0.25) is 5.91 Å². The number of hydrogen-bond acceptors (Lipinski definition) is 5. The molecule has 0 aromatic heterocycles. The first-order valence-corrected chi connectivity index (χ1v) is 6.62. The van der Waals surface area contributed by atoms with Crippen molar-refractivity contribution in [1.82, 2.24) is 4.90 Å². The van der Waals surface area contributed by atoms with Crippen molar-refractivity contribution in [2.24, 2.45) is 17.6 Å². The summed E-state index contributed by atoms with van der Waals surface area (Å²) < 4.78 is 4.66. The molecule has 7 heteroatoms. The van der Waals surface area contributed by atoms with Crippen molar-refractivity contribution < 1.29 is 24.2 Å². The number of hydrogen-bond donors (Lipinski definition) is 2. The lowest BCUT2D eigenvalue weighted by atomic mass is 9.90. The van der Waals surface area contributed by atoms with Crippen LogP contribution in [0.25, 0.3) is 0 Å². The third-order valence-electron chi connectivity index (χ3n) is 4.03. The van der Waals surface area contributed by atoms with Crippen LogP contribution in [0.3, 0.4) is 0 Å². The molecule has 1 amide bonds. The van der Waals surface area contributed by atoms with E-state index in [1.54, 1.807) is 6.92 Å². The molecule has 1 saturated heterocycles. The second-order valence-corrected chi connectivity index (χ2v) is 5.39. The summed E-state index contributed by atoms with van der Waals surface area (Å²) in [5.41, 5.74) is 4.27. The highest BCUT2D eigenvalue weighted by Crippen LogP contribution is 2.32. The van der Waals surface area contributed by atoms with Gasteiger partial charge in [0.1, 0.15) is 11.5 Å². The number of ether oxygens (including phenoxy) is 1. The molecule has 114 valence electrons. The molecule has 7 nitrogen and oxygen atoms in total. The van der Waals surface area contributed by atoms with Crippen LogP contribution >= 0.6 is 0 Å². The molecule has 0 aromatic carbocycles. The molecule has 1 heterocycles. The normalized spacial score (nSPS) is 25.1. The minimum Gasteiger partial charge on any atom is -0.480 e. The first-order chi connectivity index (χ1) is 9.29. The Hall–Kier alpha value is -1.63. The molecular formula is C13H22N2O5. The molecule has 3 atom stereocenters. The van der Waals surface area contributed by atoms with Crippen LogP contribution in [-0.2, 0) is 19.1 Å². The summed E-state index contributed by atoms with van der Waals surface area (Å²) in [4.78, 5) is 37.1. The molecule has 1 rings (SSSR count). The summed E-state index contributed by atoms with van der Waals surface area (Å²) in [7, 11) is 1.20. The number of carbonyl (C=O) groups excluding carboxylic acids is 2.